The van der Waals surface area contributed by atoms with Crippen LogP contribution in [0.3, 0.4) is 0 Å². The summed E-state index contributed by atoms with van der Waals surface area (Å²) in [6.07, 6.45) is 9.37. The highest BCUT2D eigenvalue weighted by molar-refractivity contribution is 5.95. The van der Waals surface area contributed by atoms with E-state index in [1.54, 1.807) is 0 Å². The Balaban J connectivity index is 1.90. The molecule has 3 rings (SSSR count). The topological polar surface area (TPSA) is 15.6 Å². The Labute approximate surface area is 95.6 Å². The highest BCUT2D eigenvalue weighted by atomic mass is 15.2. The normalized spacial score (nSPS) is 22.9. The number of benzene rings is 1. The van der Waals surface area contributed by atoms with E-state index >= 15 is 0 Å². The van der Waals surface area contributed by atoms with Crippen molar-refractivity contribution in [3.8, 4) is 0 Å². The molecule has 2 aliphatic rings. The third-order valence-electron chi connectivity index (χ3n) is 3.03. The van der Waals surface area contributed by atoms with Crippen LogP contribution >= 0.6 is 0 Å². The first-order chi connectivity index (χ1) is 7.93. The summed E-state index contributed by atoms with van der Waals surface area (Å²) in [4.78, 5) is 6.99. The van der Waals surface area contributed by atoms with Crippen LogP contribution < -0.4 is 0 Å². The van der Waals surface area contributed by atoms with Crippen LogP contribution in [0.5, 0.6) is 0 Å². The Kier molecular flexibility index (Phi) is 2.33. The molecule has 1 unspecified atom stereocenters. The summed E-state index contributed by atoms with van der Waals surface area (Å²) in [6, 6.07) is 10.9. The minimum Gasteiger partial charge on any atom is -0.333 e. The zero-order valence-corrected chi connectivity index (χ0v) is 9.08. The maximum absolute atomic E-state index is 4.78. The Morgan fingerprint density at radius 1 is 1.12 bits per heavy atom. The molecule has 0 aliphatic carbocycles. The first kappa shape index (κ1) is 9.40. The van der Waals surface area contributed by atoms with Crippen LogP contribution in [0.2, 0.25) is 0 Å². The van der Waals surface area contributed by atoms with E-state index in [9.17, 15) is 0 Å². The Morgan fingerprint density at radius 2 is 2.00 bits per heavy atom. The molecule has 0 saturated carbocycles. The molecule has 0 fully saturated rings. The maximum atomic E-state index is 4.78. The van der Waals surface area contributed by atoms with Crippen LogP contribution in [-0.4, -0.2) is 17.3 Å². The minimum absolute atomic E-state index is 0.323. The van der Waals surface area contributed by atoms with Crippen molar-refractivity contribution in [2.45, 2.75) is 12.5 Å². The molecule has 2 heterocycles. The fourth-order valence-electron chi connectivity index (χ4n) is 2.18. The lowest BCUT2D eigenvalue weighted by Crippen LogP contribution is -2.32. The second kappa shape index (κ2) is 3.97. The number of amidine groups is 1. The predicted octanol–water partition coefficient (Wildman–Crippen LogP) is 2.92. The Hall–Kier alpha value is -1.83. The van der Waals surface area contributed by atoms with Gasteiger partial charge in [-0.15, -0.1) is 0 Å². The Morgan fingerprint density at radius 3 is 2.88 bits per heavy atom. The molecule has 0 amide bonds. The van der Waals surface area contributed by atoms with E-state index in [-0.39, 0.29) is 0 Å². The minimum atomic E-state index is 0.323. The highest BCUT2D eigenvalue weighted by Gasteiger charge is 2.20. The summed E-state index contributed by atoms with van der Waals surface area (Å²) in [5, 5.41) is 0. The summed E-state index contributed by atoms with van der Waals surface area (Å²) in [5.41, 5.74) is 1.32. The number of aliphatic imine (C=N–C) groups is 1. The number of nitrogens with zero attached hydrogens (tertiary/aromatic N) is 2. The first-order valence-electron chi connectivity index (χ1n) is 5.68. The van der Waals surface area contributed by atoms with Crippen LogP contribution in [0.15, 0.2) is 59.8 Å². The number of rotatable bonds is 1. The van der Waals surface area contributed by atoms with Crippen molar-refractivity contribution in [3.63, 3.8) is 0 Å². The average molecular weight is 210 g/mol. The van der Waals surface area contributed by atoms with Crippen molar-refractivity contribution in [3.05, 3.63) is 60.3 Å². The summed E-state index contributed by atoms with van der Waals surface area (Å²) >= 11 is 0. The zero-order valence-electron chi connectivity index (χ0n) is 9.08. The van der Waals surface area contributed by atoms with Crippen LogP contribution in [-0.2, 0) is 0 Å². The second-order valence-electron chi connectivity index (χ2n) is 4.10. The van der Waals surface area contributed by atoms with Crippen molar-refractivity contribution in [1.29, 1.82) is 0 Å². The summed E-state index contributed by atoms with van der Waals surface area (Å²) in [5.74, 6) is 1.09. The highest BCUT2D eigenvalue weighted by Crippen LogP contribution is 2.26. The molecule has 0 spiro atoms. The molecule has 16 heavy (non-hydrogen) atoms. The van der Waals surface area contributed by atoms with Gasteiger partial charge in [-0.1, -0.05) is 36.4 Å². The molecule has 1 aromatic rings. The molecule has 1 atom stereocenters. The number of fused-ring (bicyclic) bond motifs is 1. The third-order valence-corrected chi connectivity index (χ3v) is 3.03. The molecule has 0 bridgehead atoms. The van der Waals surface area contributed by atoms with Gasteiger partial charge in [0, 0.05) is 12.7 Å². The van der Waals surface area contributed by atoms with Gasteiger partial charge < -0.3 is 4.90 Å². The van der Waals surface area contributed by atoms with Crippen LogP contribution in [0.25, 0.3) is 0 Å². The van der Waals surface area contributed by atoms with Crippen LogP contribution in [0.1, 0.15) is 18.0 Å². The fraction of sp³-hybridized carbons (Fsp3) is 0.214. The third kappa shape index (κ3) is 1.67. The van der Waals surface area contributed by atoms with E-state index in [2.05, 4.69) is 53.6 Å². The van der Waals surface area contributed by atoms with Gasteiger partial charge in [0.05, 0.1) is 6.04 Å². The van der Waals surface area contributed by atoms with Crippen molar-refractivity contribution in [1.82, 2.24) is 4.90 Å². The summed E-state index contributed by atoms with van der Waals surface area (Å²) in [6.45, 7) is 1.05. The van der Waals surface area contributed by atoms with Gasteiger partial charge in [-0.05, 0) is 24.1 Å². The SMILES string of the molecule is C1=CC2=NC(c3ccccc3)CCN2C=C1. The monoisotopic (exact) mass is 210 g/mol. The van der Waals surface area contributed by atoms with E-state index in [1.165, 1.54) is 5.56 Å². The lowest BCUT2D eigenvalue weighted by atomic mass is 10.0. The average Bonchev–Trinajstić information content (AvgIpc) is 2.39. The van der Waals surface area contributed by atoms with Gasteiger partial charge in [-0.25, -0.2) is 0 Å². The molecule has 2 nitrogen and oxygen atoms in total. The van der Waals surface area contributed by atoms with Gasteiger partial charge in [0.25, 0.3) is 0 Å². The van der Waals surface area contributed by atoms with Gasteiger partial charge in [-0.2, -0.15) is 0 Å². The standard InChI is InChI=1S/C14H14N2/c1-2-6-12(7-3-1)13-9-11-16-10-5-4-8-14(16)15-13/h1-8,10,13H,9,11H2. The van der Waals surface area contributed by atoms with Crippen LogP contribution in [0.4, 0.5) is 0 Å². The van der Waals surface area contributed by atoms with E-state index in [4.69, 9.17) is 4.99 Å². The van der Waals surface area contributed by atoms with Crippen LogP contribution in [0, 0.1) is 0 Å². The lowest BCUT2D eigenvalue weighted by Gasteiger charge is -2.30. The molecule has 2 heteroatoms. The predicted molar refractivity (Wildman–Crippen MR) is 66.2 cm³/mol. The first-order valence-corrected chi connectivity index (χ1v) is 5.68. The molecular formula is C14H14N2. The molecule has 2 aliphatic heterocycles. The van der Waals surface area contributed by atoms with Gasteiger partial charge in [-0.3, -0.25) is 4.99 Å². The van der Waals surface area contributed by atoms with Crippen molar-refractivity contribution >= 4 is 5.84 Å². The zero-order chi connectivity index (χ0) is 10.8. The lowest BCUT2D eigenvalue weighted by molar-refractivity contribution is 0.456. The van der Waals surface area contributed by atoms with Crippen molar-refractivity contribution < 1.29 is 0 Å². The van der Waals surface area contributed by atoms with E-state index < -0.39 is 0 Å². The van der Waals surface area contributed by atoms with Crippen molar-refractivity contribution in [2.24, 2.45) is 4.99 Å². The van der Waals surface area contributed by atoms with E-state index in [1.807, 2.05) is 6.08 Å². The molecule has 1 aromatic carbocycles. The second-order valence-corrected chi connectivity index (χ2v) is 4.10. The molecule has 0 aromatic heterocycles. The number of hydrogen-bond donors (Lipinski definition) is 0. The number of hydrogen-bond acceptors (Lipinski definition) is 2. The molecular weight excluding hydrogens is 196 g/mol. The van der Waals surface area contributed by atoms with Gasteiger partial charge >= 0.3 is 0 Å². The Bertz CT molecular complexity index is 457. The van der Waals surface area contributed by atoms with Gasteiger partial charge in [0.15, 0.2) is 0 Å². The van der Waals surface area contributed by atoms with E-state index in [0.29, 0.717) is 6.04 Å². The summed E-state index contributed by atoms with van der Waals surface area (Å²) < 4.78 is 0. The smallest absolute Gasteiger partial charge is 0.128 e. The van der Waals surface area contributed by atoms with Gasteiger partial charge in [0.1, 0.15) is 5.84 Å². The quantitative estimate of drug-likeness (QED) is 0.696. The molecule has 0 saturated heterocycles. The van der Waals surface area contributed by atoms with Crippen molar-refractivity contribution in [2.75, 3.05) is 6.54 Å². The van der Waals surface area contributed by atoms with Gasteiger partial charge in [0.2, 0.25) is 0 Å². The molecule has 0 radical (unpaired) electrons. The number of allylic oxidation sites excluding steroid dienone is 2. The molecule has 0 N–H and O–H groups in total. The largest absolute Gasteiger partial charge is 0.333 e. The summed E-state index contributed by atoms with van der Waals surface area (Å²) in [7, 11) is 0. The maximum Gasteiger partial charge on any atom is 0.128 e. The molecule has 80 valence electrons. The van der Waals surface area contributed by atoms with E-state index in [0.717, 1.165) is 18.8 Å². The fourth-order valence-corrected chi connectivity index (χ4v) is 2.18.